The van der Waals surface area contributed by atoms with Gasteiger partial charge in [0, 0.05) is 24.1 Å². The van der Waals surface area contributed by atoms with E-state index in [0.717, 1.165) is 29.3 Å². The Kier molecular flexibility index (Phi) is 6.43. The van der Waals surface area contributed by atoms with Crippen molar-refractivity contribution in [3.8, 4) is 0 Å². The van der Waals surface area contributed by atoms with E-state index in [-0.39, 0.29) is 11.3 Å². The fourth-order valence-corrected chi connectivity index (χ4v) is 4.24. The van der Waals surface area contributed by atoms with Crippen molar-refractivity contribution in [3.05, 3.63) is 29.6 Å². The van der Waals surface area contributed by atoms with Crippen LogP contribution in [0.15, 0.2) is 18.2 Å². The number of hydrogen-bond donors (Lipinski definition) is 0. The van der Waals surface area contributed by atoms with Crippen molar-refractivity contribution in [3.63, 3.8) is 0 Å². The molecule has 1 aromatic carbocycles. The molecule has 0 spiro atoms. The highest BCUT2D eigenvalue weighted by Crippen LogP contribution is 2.31. The highest BCUT2D eigenvalue weighted by atomic mass is 16.7. The van der Waals surface area contributed by atoms with E-state index in [4.69, 9.17) is 9.82 Å². The molecular weight excluding hydrogens is 350 g/mol. The largest absolute Gasteiger partial charge is 0.327 e. The van der Waals surface area contributed by atoms with E-state index in [1.807, 2.05) is 26.0 Å². The number of benzene rings is 1. The van der Waals surface area contributed by atoms with Crippen LogP contribution in [0.1, 0.15) is 82.9 Å². The second kappa shape index (κ2) is 8.64. The molecule has 0 bridgehead atoms. The van der Waals surface area contributed by atoms with Crippen LogP contribution in [0.2, 0.25) is 0 Å². The number of imidazole rings is 1. The molecule has 1 aromatic heterocycles. The Morgan fingerprint density at radius 3 is 2.54 bits per heavy atom. The minimum absolute atomic E-state index is 0.0430. The Morgan fingerprint density at radius 1 is 1.21 bits per heavy atom. The first-order valence-corrected chi connectivity index (χ1v) is 10.8. The molecule has 3 rings (SSSR count). The Hall–Kier alpha value is -1.88. The van der Waals surface area contributed by atoms with Gasteiger partial charge < -0.3 is 4.57 Å². The van der Waals surface area contributed by atoms with Crippen LogP contribution < -0.4 is 0 Å². The van der Waals surface area contributed by atoms with Crippen molar-refractivity contribution < 1.29 is 9.63 Å². The lowest BCUT2D eigenvalue weighted by Crippen LogP contribution is -2.30. The molecule has 1 fully saturated rings. The molecule has 5 nitrogen and oxygen atoms in total. The van der Waals surface area contributed by atoms with Crippen LogP contribution in [-0.4, -0.2) is 33.7 Å². The summed E-state index contributed by atoms with van der Waals surface area (Å²) in [7, 11) is 0. The van der Waals surface area contributed by atoms with E-state index < -0.39 is 0 Å². The monoisotopic (exact) mass is 385 g/mol. The second-order valence-corrected chi connectivity index (χ2v) is 8.92. The molecule has 1 aliphatic carbocycles. The molecule has 0 saturated heterocycles. The third-order valence-electron chi connectivity index (χ3n) is 5.63. The number of rotatable bonds is 6. The highest BCUT2D eigenvalue weighted by molar-refractivity contribution is 5.97. The van der Waals surface area contributed by atoms with Crippen molar-refractivity contribution in [2.45, 2.75) is 78.7 Å². The van der Waals surface area contributed by atoms with Gasteiger partial charge in [0.2, 0.25) is 0 Å². The molecule has 28 heavy (non-hydrogen) atoms. The SMILES string of the molecule is CCON(CC)C(=O)c1ccc2c(c1)nc(C(C)(C)C)n2CC1CCCCC1. The summed E-state index contributed by atoms with van der Waals surface area (Å²) in [5.41, 5.74) is 2.62. The number of fused-ring (bicyclic) bond motifs is 1. The molecule has 2 aromatic rings. The van der Waals surface area contributed by atoms with E-state index in [0.29, 0.717) is 18.7 Å². The summed E-state index contributed by atoms with van der Waals surface area (Å²) in [5, 5.41) is 1.42. The standard InChI is InChI=1S/C23H35N3O2/c1-6-26(28-7-2)21(27)18-13-14-20-19(15-18)24-22(23(3,4)5)25(20)16-17-11-9-8-10-12-17/h13-15,17H,6-12,16H2,1-5H3. The van der Waals surface area contributed by atoms with E-state index in [2.05, 4.69) is 31.4 Å². The number of amides is 1. The summed E-state index contributed by atoms with van der Waals surface area (Å²) in [5.74, 6) is 1.72. The molecule has 0 aliphatic heterocycles. The van der Waals surface area contributed by atoms with Crippen molar-refractivity contribution in [1.29, 1.82) is 0 Å². The van der Waals surface area contributed by atoms with Crippen LogP contribution in [0, 0.1) is 5.92 Å². The first-order chi connectivity index (χ1) is 13.3. The lowest BCUT2D eigenvalue weighted by atomic mass is 9.88. The molecule has 0 atom stereocenters. The van der Waals surface area contributed by atoms with Gasteiger partial charge in [0.05, 0.1) is 17.6 Å². The highest BCUT2D eigenvalue weighted by Gasteiger charge is 2.26. The first kappa shape index (κ1) is 20.8. The quantitative estimate of drug-likeness (QED) is 0.632. The Balaban J connectivity index is 1.98. The van der Waals surface area contributed by atoms with Gasteiger partial charge in [0.15, 0.2) is 0 Å². The summed E-state index contributed by atoms with van der Waals surface area (Å²) in [4.78, 5) is 23.2. The van der Waals surface area contributed by atoms with Crippen molar-refractivity contribution in [2.24, 2.45) is 5.92 Å². The minimum Gasteiger partial charge on any atom is -0.327 e. The molecule has 5 heteroatoms. The molecular formula is C23H35N3O2. The summed E-state index contributed by atoms with van der Waals surface area (Å²) < 4.78 is 2.40. The predicted octanol–water partition coefficient (Wildman–Crippen LogP) is 5.33. The van der Waals surface area contributed by atoms with Gasteiger partial charge in [-0.1, -0.05) is 40.0 Å². The zero-order chi connectivity index (χ0) is 20.3. The fraction of sp³-hybridized carbons (Fsp3) is 0.652. The van der Waals surface area contributed by atoms with Crippen molar-refractivity contribution in [2.75, 3.05) is 13.2 Å². The van der Waals surface area contributed by atoms with Crippen molar-refractivity contribution in [1.82, 2.24) is 14.6 Å². The van der Waals surface area contributed by atoms with Crippen LogP contribution in [-0.2, 0) is 16.8 Å². The van der Waals surface area contributed by atoms with Crippen LogP contribution in [0.25, 0.3) is 11.0 Å². The Bertz CT molecular complexity index is 813. The maximum absolute atomic E-state index is 12.8. The Morgan fingerprint density at radius 2 is 1.93 bits per heavy atom. The minimum atomic E-state index is -0.106. The van der Waals surface area contributed by atoms with E-state index >= 15 is 0 Å². The smallest absolute Gasteiger partial charge is 0.277 e. The molecule has 1 heterocycles. The average molecular weight is 386 g/mol. The van der Waals surface area contributed by atoms with Gasteiger partial charge in [-0.2, -0.15) is 0 Å². The summed E-state index contributed by atoms with van der Waals surface area (Å²) in [6, 6.07) is 5.90. The number of nitrogens with zero attached hydrogens (tertiary/aromatic N) is 3. The summed E-state index contributed by atoms with van der Waals surface area (Å²) in [6.45, 7) is 12.5. The van der Waals surface area contributed by atoms with Crippen LogP contribution >= 0.6 is 0 Å². The summed E-state index contributed by atoms with van der Waals surface area (Å²) in [6.07, 6.45) is 6.65. The predicted molar refractivity (Wildman–Crippen MR) is 113 cm³/mol. The first-order valence-electron chi connectivity index (χ1n) is 10.8. The van der Waals surface area contributed by atoms with Gasteiger partial charge in [-0.15, -0.1) is 0 Å². The normalized spacial score (nSPS) is 15.9. The average Bonchev–Trinajstić information content (AvgIpc) is 3.04. The van der Waals surface area contributed by atoms with E-state index in [9.17, 15) is 4.79 Å². The zero-order valence-corrected chi connectivity index (χ0v) is 18.1. The third-order valence-corrected chi connectivity index (χ3v) is 5.63. The van der Waals surface area contributed by atoms with Gasteiger partial charge in [-0.3, -0.25) is 9.63 Å². The van der Waals surface area contributed by atoms with Crippen LogP contribution in [0.4, 0.5) is 0 Å². The number of carbonyl (C=O) groups is 1. The van der Waals surface area contributed by atoms with Crippen LogP contribution in [0.3, 0.4) is 0 Å². The molecule has 1 saturated carbocycles. The number of carbonyl (C=O) groups excluding carboxylic acids is 1. The number of hydrogen-bond acceptors (Lipinski definition) is 3. The molecule has 154 valence electrons. The zero-order valence-electron chi connectivity index (χ0n) is 18.1. The van der Waals surface area contributed by atoms with Gasteiger partial charge in [0.1, 0.15) is 5.82 Å². The maximum atomic E-state index is 12.8. The lowest BCUT2D eigenvalue weighted by Gasteiger charge is -2.26. The van der Waals surface area contributed by atoms with Gasteiger partial charge in [-0.25, -0.2) is 10.0 Å². The molecule has 1 amide bonds. The van der Waals surface area contributed by atoms with Crippen molar-refractivity contribution >= 4 is 16.9 Å². The molecule has 0 N–H and O–H groups in total. The summed E-state index contributed by atoms with van der Waals surface area (Å²) >= 11 is 0. The van der Waals surface area contributed by atoms with Gasteiger partial charge in [0.25, 0.3) is 5.91 Å². The second-order valence-electron chi connectivity index (χ2n) is 8.92. The third kappa shape index (κ3) is 4.40. The van der Waals surface area contributed by atoms with Crippen LogP contribution in [0.5, 0.6) is 0 Å². The maximum Gasteiger partial charge on any atom is 0.277 e. The molecule has 0 unspecified atom stereocenters. The molecule has 1 aliphatic rings. The van der Waals surface area contributed by atoms with Gasteiger partial charge >= 0.3 is 0 Å². The Labute approximate surface area is 169 Å². The fourth-order valence-electron chi connectivity index (χ4n) is 4.24. The topological polar surface area (TPSA) is 47.4 Å². The lowest BCUT2D eigenvalue weighted by molar-refractivity contribution is -0.115. The number of aromatic nitrogens is 2. The van der Waals surface area contributed by atoms with E-state index in [1.54, 1.807) is 0 Å². The van der Waals surface area contributed by atoms with Gasteiger partial charge in [-0.05, 0) is 50.8 Å². The number of hydroxylamine groups is 2. The molecule has 0 radical (unpaired) electrons. The van der Waals surface area contributed by atoms with E-state index in [1.165, 1.54) is 37.2 Å².